The van der Waals surface area contributed by atoms with Crippen LogP contribution in [0, 0.1) is 17.5 Å². The summed E-state index contributed by atoms with van der Waals surface area (Å²) in [6, 6.07) is 0.370. The van der Waals surface area contributed by atoms with E-state index < -0.39 is 46.1 Å². The summed E-state index contributed by atoms with van der Waals surface area (Å²) in [6.07, 6.45) is 0. The Labute approximate surface area is 118 Å². The van der Waals surface area contributed by atoms with Crippen molar-refractivity contribution in [2.45, 2.75) is 19.4 Å². The van der Waals surface area contributed by atoms with Crippen LogP contribution in [0.15, 0.2) is 6.07 Å². The number of aromatic hydroxyl groups is 1. The topological polar surface area (TPSA) is 69.6 Å². The van der Waals surface area contributed by atoms with E-state index in [9.17, 15) is 22.8 Å². The molecule has 0 saturated carbocycles. The fourth-order valence-electron chi connectivity index (χ4n) is 2.15. The van der Waals surface area contributed by atoms with E-state index in [1.807, 2.05) is 0 Å². The number of nitrogens with zero attached hydrogens (tertiary/aromatic N) is 1. The van der Waals surface area contributed by atoms with Crippen LogP contribution in [0.5, 0.6) is 5.75 Å². The third-order valence-corrected chi connectivity index (χ3v) is 3.46. The monoisotopic (exact) mass is 302 g/mol. The van der Waals surface area contributed by atoms with E-state index >= 15 is 0 Å². The van der Waals surface area contributed by atoms with Crippen molar-refractivity contribution >= 4 is 11.8 Å². The van der Waals surface area contributed by atoms with Gasteiger partial charge in [0.15, 0.2) is 17.4 Å². The number of halogens is 3. The van der Waals surface area contributed by atoms with Gasteiger partial charge in [-0.2, -0.15) is 4.39 Å². The average Bonchev–Trinajstić information content (AvgIpc) is 2.43. The summed E-state index contributed by atoms with van der Waals surface area (Å²) in [5.41, 5.74) is -2.10. The van der Waals surface area contributed by atoms with Crippen LogP contribution in [0.1, 0.15) is 24.2 Å². The van der Waals surface area contributed by atoms with E-state index in [0.717, 1.165) is 4.90 Å². The lowest BCUT2D eigenvalue weighted by Gasteiger charge is -2.41. The summed E-state index contributed by atoms with van der Waals surface area (Å²) in [5, 5.41) is 11.7. The number of amides is 2. The van der Waals surface area contributed by atoms with Gasteiger partial charge in [0.1, 0.15) is 5.54 Å². The van der Waals surface area contributed by atoms with Crippen molar-refractivity contribution in [3.8, 4) is 5.75 Å². The number of piperazine rings is 1. The first kappa shape index (κ1) is 15.1. The van der Waals surface area contributed by atoms with Gasteiger partial charge in [0.05, 0.1) is 5.56 Å². The first-order valence-corrected chi connectivity index (χ1v) is 6.14. The van der Waals surface area contributed by atoms with Crippen molar-refractivity contribution in [1.82, 2.24) is 10.2 Å². The molecule has 2 N–H and O–H groups in total. The minimum Gasteiger partial charge on any atom is -0.503 e. The lowest BCUT2D eigenvalue weighted by atomic mass is 9.97. The van der Waals surface area contributed by atoms with Crippen LogP contribution in [0.25, 0.3) is 0 Å². The Hall–Kier alpha value is -2.25. The maximum absolute atomic E-state index is 13.8. The van der Waals surface area contributed by atoms with Crippen LogP contribution in [-0.2, 0) is 4.79 Å². The van der Waals surface area contributed by atoms with Gasteiger partial charge in [0.25, 0.3) is 5.91 Å². The molecule has 2 amide bonds. The molecule has 1 aromatic carbocycles. The Morgan fingerprint density at radius 1 is 1.33 bits per heavy atom. The molecule has 0 radical (unpaired) electrons. The Kier molecular flexibility index (Phi) is 3.56. The summed E-state index contributed by atoms with van der Waals surface area (Å²) in [5.74, 6) is -7.87. The zero-order chi connectivity index (χ0) is 15.9. The highest BCUT2D eigenvalue weighted by atomic mass is 19.2. The van der Waals surface area contributed by atoms with Gasteiger partial charge >= 0.3 is 0 Å². The Morgan fingerprint density at radius 2 is 1.95 bits per heavy atom. The summed E-state index contributed by atoms with van der Waals surface area (Å²) in [7, 11) is 0. The van der Waals surface area contributed by atoms with E-state index in [1.54, 1.807) is 0 Å². The van der Waals surface area contributed by atoms with Crippen LogP contribution >= 0.6 is 0 Å². The number of hydrogen-bond acceptors (Lipinski definition) is 3. The molecule has 0 aromatic heterocycles. The molecule has 1 fully saturated rings. The minimum absolute atomic E-state index is 0.0801. The zero-order valence-electron chi connectivity index (χ0n) is 11.3. The van der Waals surface area contributed by atoms with Crippen molar-refractivity contribution in [2.24, 2.45) is 0 Å². The number of carbonyl (C=O) groups excluding carboxylic acids is 2. The zero-order valence-corrected chi connectivity index (χ0v) is 11.3. The Morgan fingerprint density at radius 3 is 2.57 bits per heavy atom. The molecule has 1 aliphatic rings. The molecule has 114 valence electrons. The normalized spacial score (nSPS) is 17.6. The SMILES string of the molecule is CC1(C)C(=O)NCCN1C(=O)c1cc(F)c(F)c(O)c1F. The van der Waals surface area contributed by atoms with Crippen molar-refractivity contribution in [1.29, 1.82) is 0 Å². The Balaban J connectivity index is 2.48. The van der Waals surface area contributed by atoms with Crippen molar-refractivity contribution in [2.75, 3.05) is 13.1 Å². The predicted octanol–water partition coefficient (Wildman–Crippen LogP) is 1.16. The molecule has 5 nitrogen and oxygen atoms in total. The van der Waals surface area contributed by atoms with Gasteiger partial charge in [-0.05, 0) is 19.9 Å². The van der Waals surface area contributed by atoms with Crippen LogP contribution < -0.4 is 5.32 Å². The molecule has 21 heavy (non-hydrogen) atoms. The third kappa shape index (κ3) is 2.30. The molecule has 0 bridgehead atoms. The minimum atomic E-state index is -1.76. The number of phenols is 1. The van der Waals surface area contributed by atoms with Gasteiger partial charge in [-0.15, -0.1) is 0 Å². The van der Waals surface area contributed by atoms with Crippen LogP contribution in [0.2, 0.25) is 0 Å². The van der Waals surface area contributed by atoms with E-state index in [4.69, 9.17) is 5.11 Å². The first-order chi connectivity index (χ1) is 9.67. The highest BCUT2D eigenvalue weighted by molar-refractivity contribution is 6.00. The van der Waals surface area contributed by atoms with Crippen molar-refractivity contribution in [3.05, 3.63) is 29.1 Å². The quantitative estimate of drug-likeness (QED) is 0.765. The summed E-state index contributed by atoms with van der Waals surface area (Å²) >= 11 is 0. The molecule has 0 unspecified atom stereocenters. The van der Waals surface area contributed by atoms with Crippen LogP contribution in [0.4, 0.5) is 13.2 Å². The lowest BCUT2D eigenvalue weighted by Crippen LogP contribution is -2.63. The number of nitrogens with one attached hydrogen (secondary N) is 1. The molecular weight excluding hydrogens is 289 g/mol. The van der Waals surface area contributed by atoms with Crippen LogP contribution in [-0.4, -0.2) is 40.4 Å². The third-order valence-electron chi connectivity index (χ3n) is 3.46. The van der Waals surface area contributed by atoms with E-state index in [0.29, 0.717) is 6.07 Å². The number of benzene rings is 1. The van der Waals surface area contributed by atoms with Gasteiger partial charge < -0.3 is 15.3 Å². The number of phenolic OH excluding ortho intramolecular Hbond substituents is 1. The molecule has 1 aliphatic heterocycles. The molecule has 2 rings (SSSR count). The highest BCUT2D eigenvalue weighted by Gasteiger charge is 2.41. The number of rotatable bonds is 1. The van der Waals surface area contributed by atoms with Gasteiger partial charge in [-0.1, -0.05) is 0 Å². The van der Waals surface area contributed by atoms with Gasteiger partial charge in [0.2, 0.25) is 11.7 Å². The van der Waals surface area contributed by atoms with Gasteiger partial charge in [-0.3, -0.25) is 9.59 Å². The lowest BCUT2D eigenvalue weighted by molar-refractivity contribution is -0.133. The second-order valence-corrected chi connectivity index (χ2v) is 5.15. The molecular formula is C13H13F3N2O3. The van der Waals surface area contributed by atoms with E-state index in [-0.39, 0.29) is 13.1 Å². The highest BCUT2D eigenvalue weighted by Crippen LogP contribution is 2.29. The molecule has 0 aliphatic carbocycles. The predicted molar refractivity (Wildman–Crippen MR) is 66.1 cm³/mol. The number of hydrogen-bond donors (Lipinski definition) is 2. The maximum Gasteiger partial charge on any atom is 0.258 e. The van der Waals surface area contributed by atoms with Gasteiger partial charge in [0, 0.05) is 13.1 Å². The smallest absolute Gasteiger partial charge is 0.258 e. The van der Waals surface area contributed by atoms with Crippen molar-refractivity contribution < 1.29 is 27.9 Å². The molecule has 1 saturated heterocycles. The summed E-state index contributed by atoms with van der Waals surface area (Å²) < 4.78 is 40.1. The van der Waals surface area contributed by atoms with E-state index in [2.05, 4.69) is 5.32 Å². The standard InChI is InChI=1S/C13H13F3N2O3/c1-13(2)12(21)17-3-4-18(13)11(20)6-5-7(14)9(16)10(19)8(6)15/h5,19H,3-4H2,1-2H3,(H,17,21). The van der Waals surface area contributed by atoms with Crippen molar-refractivity contribution in [3.63, 3.8) is 0 Å². The molecule has 1 heterocycles. The summed E-state index contributed by atoms with van der Waals surface area (Å²) in [6.45, 7) is 3.12. The summed E-state index contributed by atoms with van der Waals surface area (Å²) in [4.78, 5) is 25.1. The Bertz CT molecular complexity index is 632. The largest absolute Gasteiger partial charge is 0.503 e. The molecule has 1 aromatic rings. The van der Waals surface area contributed by atoms with E-state index in [1.165, 1.54) is 13.8 Å². The second-order valence-electron chi connectivity index (χ2n) is 5.15. The first-order valence-electron chi connectivity index (χ1n) is 6.14. The second kappa shape index (κ2) is 4.94. The average molecular weight is 302 g/mol. The van der Waals surface area contributed by atoms with Gasteiger partial charge in [-0.25, -0.2) is 8.78 Å². The fraction of sp³-hybridized carbons (Fsp3) is 0.385. The fourth-order valence-corrected chi connectivity index (χ4v) is 2.15. The maximum atomic E-state index is 13.8. The molecule has 8 heteroatoms. The molecule has 0 atom stereocenters. The van der Waals surface area contributed by atoms with Crippen LogP contribution in [0.3, 0.4) is 0 Å². The molecule has 0 spiro atoms. The number of carbonyl (C=O) groups is 2.